The molecule has 1 saturated carbocycles. The largest absolute Gasteiger partial charge is 0.467 e. The molecule has 3 N–H and O–H groups in total. The van der Waals surface area contributed by atoms with Crippen LogP contribution < -0.4 is 15.6 Å². The molecular weight excluding hydrogens is 464 g/mol. The third-order valence-corrected chi connectivity index (χ3v) is 7.04. The Balaban J connectivity index is 1.86. The Morgan fingerprint density at radius 2 is 2.15 bits per heavy atom. The van der Waals surface area contributed by atoms with Crippen molar-refractivity contribution in [3.8, 4) is 0 Å². The summed E-state index contributed by atoms with van der Waals surface area (Å²) in [6, 6.07) is 3.80. The highest BCUT2D eigenvalue weighted by molar-refractivity contribution is 7.89. The number of nitrogens with one attached hydrogen (secondary N) is 2. The van der Waals surface area contributed by atoms with Crippen LogP contribution in [0, 0.1) is 0 Å². The highest BCUT2D eigenvalue weighted by atomic mass is 32.2. The third kappa shape index (κ3) is 4.95. The summed E-state index contributed by atoms with van der Waals surface area (Å²) in [5.41, 5.74) is -1.29. The molecule has 1 fully saturated rings. The van der Waals surface area contributed by atoms with Crippen LogP contribution in [-0.2, 0) is 33.1 Å². The minimum atomic E-state index is -3.94. The van der Waals surface area contributed by atoms with E-state index >= 15 is 0 Å². The molecule has 1 aliphatic carbocycles. The van der Waals surface area contributed by atoms with E-state index in [0.717, 1.165) is 13.2 Å². The predicted octanol–water partition coefficient (Wildman–Crippen LogP) is -0.0451. The van der Waals surface area contributed by atoms with E-state index in [1.165, 1.54) is 29.2 Å². The molecule has 12 nitrogen and oxygen atoms in total. The summed E-state index contributed by atoms with van der Waals surface area (Å²) in [7, 11) is -1.26. The maximum absolute atomic E-state index is 13.6. The number of aromatic nitrogens is 4. The van der Waals surface area contributed by atoms with Gasteiger partial charge in [0.1, 0.15) is 0 Å². The van der Waals surface area contributed by atoms with Gasteiger partial charge in [-0.2, -0.15) is 5.10 Å². The molecule has 4 rings (SSSR count). The topological polar surface area (TPSA) is 157 Å². The van der Waals surface area contributed by atoms with E-state index in [0.29, 0.717) is 17.4 Å². The van der Waals surface area contributed by atoms with Crippen LogP contribution in [0.15, 0.2) is 40.3 Å². The van der Waals surface area contributed by atoms with Gasteiger partial charge in [0.25, 0.3) is 5.56 Å². The number of carbonyl (C=O) groups is 1. The van der Waals surface area contributed by atoms with Gasteiger partial charge in [0.15, 0.2) is 6.10 Å². The monoisotopic (exact) mass is 492 g/mol. The highest BCUT2D eigenvalue weighted by Gasteiger charge is 2.41. The number of hydrogen-bond acceptors (Lipinski definition) is 9. The number of carbonyl (C=O) groups excluding carboxylic acids is 1. The van der Waals surface area contributed by atoms with Gasteiger partial charge in [0, 0.05) is 24.3 Å². The summed E-state index contributed by atoms with van der Waals surface area (Å²) in [5, 5.41) is 16.4. The van der Waals surface area contributed by atoms with Gasteiger partial charge >= 0.3 is 5.97 Å². The lowest BCUT2D eigenvalue weighted by Crippen LogP contribution is -2.34. The molecule has 13 heteroatoms. The van der Waals surface area contributed by atoms with Gasteiger partial charge in [-0.1, -0.05) is 0 Å². The summed E-state index contributed by atoms with van der Waals surface area (Å²) < 4.78 is 52.3. The highest BCUT2D eigenvalue weighted by Crippen LogP contribution is 2.36. The first kappa shape index (κ1) is 21.3. The minimum Gasteiger partial charge on any atom is -0.467 e. The van der Waals surface area contributed by atoms with Crippen LogP contribution in [0.2, 0.25) is 0 Å². The van der Waals surface area contributed by atoms with Crippen LogP contribution in [0.25, 0.3) is 10.9 Å². The molecule has 0 spiro atoms. The van der Waals surface area contributed by atoms with E-state index in [4.69, 9.17) is 2.74 Å². The summed E-state index contributed by atoms with van der Waals surface area (Å²) in [6.07, 6.45) is 2.41. The first-order valence-electron chi connectivity index (χ1n) is 11.4. The van der Waals surface area contributed by atoms with Crippen LogP contribution in [0.4, 0.5) is 5.95 Å². The third-order valence-electron chi connectivity index (χ3n) is 5.40. The second-order valence-corrected chi connectivity index (χ2v) is 10.0. The summed E-state index contributed by atoms with van der Waals surface area (Å²) in [6.45, 7) is -1.13. The molecule has 0 saturated heterocycles. The summed E-state index contributed by atoms with van der Waals surface area (Å²) >= 11 is 0. The molecule has 1 unspecified atom stereocenters. The van der Waals surface area contributed by atoms with E-state index < -0.39 is 46.2 Å². The molecular formula is C21H26N6O6S. The van der Waals surface area contributed by atoms with Gasteiger partial charge in [0.2, 0.25) is 16.0 Å². The Hall–Kier alpha value is -3.29. The number of aryl methyl sites for hydroxylation is 1. The maximum atomic E-state index is 13.6. The predicted molar refractivity (Wildman–Crippen MR) is 123 cm³/mol. The number of esters is 1. The molecule has 1 aliphatic rings. The molecule has 1 aromatic carbocycles. The number of aliphatic hydroxyl groups excluding tert-OH is 1. The summed E-state index contributed by atoms with van der Waals surface area (Å²) in [5.74, 6) is -1.22. The van der Waals surface area contributed by atoms with Crippen molar-refractivity contribution < 1.29 is 25.8 Å². The van der Waals surface area contributed by atoms with Crippen LogP contribution in [0.5, 0.6) is 0 Å². The number of methoxy groups -OCH3 is 1. The van der Waals surface area contributed by atoms with E-state index in [-0.39, 0.29) is 27.3 Å². The number of ether oxygens (including phenoxy) is 1. The van der Waals surface area contributed by atoms with Gasteiger partial charge < -0.3 is 15.2 Å². The molecule has 3 aromatic rings. The smallest absolute Gasteiger partial charge is 0.336 e. The number of nitrogens with zero attached hydrogens (tertiary/aromatic N) is 4. The van der Waals surface area contributed by atoms with E-state index in [1.807, 2.05) is 0 Å². The van der Waals surface area contributed by atoms with Crippen molar-refractivity contribution in [3.63, 3.8) is 0 Å². The average Bonchev–Trinajstić information content (AvgIpc) is 3.35. The fraction of sp³-hybridized carbons (Fsp3) is 0.429. The second kappa shape index (κ2) is 8.81. The zero-order valence-electron chi connectivity index (χ0n) is 20.8. The van der Waals surface area contributed by atoms with Gasteiger partial charge in [0.05, 0.1) is 44.9 Å². The Morgan fingerprint density at radius 3 is 2.76 bits per heavy atom. The molecule has 34 heavy (non-hydrogen) atoms. The zero-order chi connectivity index (χ0) is 26.5. The average molecular weight is 493 g/mol. The van der Waals surface area contributed by atoms with Crippen molar-refractivity contribution in [1.29, 1.82) is 0 Å². The molecule has 0 bridgehead atoms. The van der Waals surface area contributed by atoms with E-state index in [9.17, 15) is 23.1 Å². The Morgan fingerprint density at radius 1 is 1.41 bits per heavy atom. The standard InChI is InChI=1S/C21H26N6O6S/c1-21(6-7-21)25-34(31,32)14-4-5-16-15(8-14)18(29)27(12-13-9-23-26(2)11-13)20(24-16)22-10-17(28)19(30)33-3/h4-5,8-9,11,17,25,28H,6-7,10,12H2,1-3H3,(H,22,24)/i12D2. The molecule has 2 heterocycles. The second-order valence-electron chi connectivity index (χ2n) is 8.36. The van der Waals surface area contributed by atoms with Crippen LogP contribution in [-0.4, -0.2) is 64.1 Å². The van der Waals surface area contributed by atoms with Gasteiger partial charge in [-0.05, 0) is 38.0 Å². The van der Waals surface area contributed by atoms with Crippen molar-refractivity contribution in [2.24, 2.45) is 7.05 Å². The quantitative estimate of drug-likeness (QED) is 0.348. The molecule has 0 aliphatic heterocycles. The Kier molecular flexibility index (Phi) is 5.51. The van der Waals surface area contributed by atoms with Crippen LogP contribution in [0.1, 0.15) is 28.1 Å². The molecule has 1 atom stereocenters. The van der Waals surface area contributed by atoms with Crippen molar-refractivity contribution in [2.75, 3.05) is 19.0 Å². The number of hydrogen-bond donors (Lipinski definition) is 3. The number of benzene rings is 1. The van der Waals surface area contributed by atoms with Crippen molar-refractivity contribution in [2.45, 2.75) is 42.8 Å². The van der Waals surface area contributed by atoms with Crippen LogP contribution >= 0.6 is 0 Å². The zero-order valence-corrected chi connectivity index (χ0v) is 19.6. The molecule has 0 radical (unpaired) electrons. The fourth-order valence-corrected chi connectivity index (χ4v) is 4.73. The first-order valence-corrected chi connectivity index (χ1v) is 11.9. The first-order chi connectivity index (χ1) is 16.8. The molecule has 0 amide bonds. The van der Waals surface area contributed by atoms with E-state index in [1.54, 1.807) is 14.0 Å². The minimum absolute atomic E-state index is 0.0249. The van der Waals surface area contributed by atoms with Gasteiger partial charge in [-0.3, -0.25) is 14.0 Å². The van der Waals surface area contributed by atoms with Crippen molar-refractivity contribution in [1.82, 2.24) is 24.1 Å². The Bertz CT molecular complexity index is 1500. The SMILES string of the molecule is [2H]C([2H])(c1cnn(C)c1)n1c(NCC(O)C(=O)OC)nc2ccc(S(=O)(=O)NC3(C)CC3)cc2c1=O. The molecule has 182 valence electrons. The van der Waals surface area contributed by atoms with E-state index in [2.05, 4.69) is 24.9 Å². The van der Waals surface area contributed by atoms with Crippen LogP contribution in [0.3, 0.4) is 0 Å². The lowest BCUT2D eigenvalue weighted by atomic mass is 10.2. The number of fused-ring (bicyclic) bond motifs is 1. The normalized spacial score (nSPS) is 17.1. The Labute approximate surface area is 198 Å². The lowest BCUT2D eigenvalue weighted by molar-refractivity contribution is -0.149. The summed E-state index contributed by atoms with van der Waals surface area (Å²) in [4.78, 5) is 29.4. The number of aliphatic hydroxyl groups is 1. The fourth-order valence-electron chi connectivity index (χ4n) is 3.24. The van der Waals surface area contributed by atoms with Gasteiger partial charge in [-0.15, -0.1) is 0 Å². The van der Waals surface area contributed by atoms with Crippen molar-refractivity contribution in [3.05, 3.63) is 46.5 Å². The number of anilines is 1. The number of sulfonamides is 1. The van der Waals surface area contributed by atoms with Gasteiger partial charge in [-0.25, -0.2) is 22.9 Å². The molecule has 2 aromatic heterocycles. The number of rotatable bonds is 9. The lowest BCUT2D eigenvalue weighted by Gasteiger charge is -2.17. The van der Waals surface area contributed by atoms with Crippen molar-refractivity contribution >= 4 is 32.8 Å². The maximum Gasteiger partial charge on any atom is 0.336 e.